The maximum absolute atomic E-state index is 12.5. The molecule has 2 aromatic carbocycles. The van der Waals surface area contributed by atoms with Crippen LogP contribution in [-0.2, 0) is 6.42 Å². The molecule has 0 saturated carbocycles. The first kappa shape index (κ1) is 22.6. The van der Waals surface area contributed by atoms with E-state index in [2.05, 4.69) is 30.8 Å². The number of aliphatic hydroxyl groups is 1. The van der Waals surface area contributed by atoms with Gasteiger partial charge in [0.1, 0.15) is 29.8 Å². The number of rotatable bonds is 7. The molecule has 1 saturated heterocycles. The fraction of sp³-hybridized carbons (Fsp3) is 0.391. The lowest BCUT2D eigenvalue weighted by Gasteiger charge is -2.39. The summed E-state index contributed by atoms with van der Waals surface area (Å²) in [7, 11) is 0. The molecule has 0 radical (unpaired) electrons. The Balaban J connectivity index is 1.11. The molecule has 3 N–H and O–H groups in total. The summed E-state index contributed by atoms with van der Waals surface area (Å²) in [5.41, 5.74) is 1.30. The lowest BCUT2D eigenvalue weighted by molar-refractivity contribution is -0.00199. The van der Waals surface area contributed by atoms with Crippen molar-refractivity contribution in [3.05, 3.63) is 58.6 Å². The normalized spacial score (nSPS) is 17.7. The van der Waals surface area contributed by atoms with Gasteiger partial charge in [-0.2, -0.15) is 0 Å². The number of aromatic nitrogens is 4. The number of piperidine rings is 1. The van der Waals surface area contributed by atoms with Crippen molar-refractivity contribution in [1.29, 1.82) is 0 Å². The Morgan fingerprint density at radius 2 is 2.12 bits per heavy atom. The number of hydrogen-bond acceptors (Lipinski definition) is 8. The lowest BCUT2D eigenvalue weighted by Crippen LogP contribution is -2.49. The number of halogens is 1. The number of amides is 1. The maximum atomic E-state index is 12.5. The molecular formula is C23H25ClN6O4. The molecule has 3 heterocycles. The zero-order valence-corrected chi connectivity index (χ0v) is 19.2. The Morgan fingerprint density at radius 3 is 2.91 bits per heavy atom. The molecular weight excluding hydrogens is 460 g/mol. The van der Waals surface area contributed by atoms with Crippen LogP contribution in [0.5, 0.6) is 11.5 Å². The second-order valence-electron chi connectivity index (χ2n) is 8.68. The van der Waals surface area contributed by atoms with Crippen LogP contribution in [0.1, 0.15) is 28.8 Å². The van der Waals surface area contributed by atoms with Crippen molar-refractivity contribution in [2.75, 3.05) is 31.6 Å². The van der Waals surface area contributed by atoms with Crippen LogP contribution in [0.4, 0.5) is 5.95 Å². The van der Waals surface area contributed by atoms with Gasteiger partial charge < -0.3 is 19.5 Å². The largest absolute Gasteiger partial charge is 0.490 e. The molecule has 1 spiro atoms. The smallest absolute Gasteiger partial charge is 0.261 e. The number of ether oxygens (including phenoxy) is 2. The van der Waals surface area contributed by atoms with Crippen LogP contribution in [0.3, 0.4) is 0 Å². The number of aromatic amines is 1. The summed E-state index contributed by atoms with van der Waals surface area (Å²) in [5, 5.41) is 26.8. The van der Waals surface area contributed by atoms with E-state index in [9.17, 15) is 9.90 Å². The number of para-hydroxylation sites is 1. The molecule has 1 atom stereocenters. The summed E-state index contributed by atoms with van der Waals surface area (Å²) >= 11 is 6.13. The van der Waals surface area contributed by atoms with Gasteiger partial charge in [0, 0.05) is 43.9 Å². The second kappa shape index (κ2) is 9.57. The minimum Gasteiger partial charge on any atom is -0.490 e. The highest BCUT2D eigenvalue weighted by Crippen LogP contribution is 2.41. The molecule has 178 valence electrons. The van der Waals surface area contributed by atoms with Crippen LogP contribution in [0.25, 0.3) is 0 Å². The molecule has 2 aliphatic heterocycles. The molecule has 1 fully saturated rings. The van der Waals surface area contributed by atoms with E-state index in [1.165, 1.54) is 0 Å². The van der Waals surface area contributed by atoms with E-state index in [1.54, 1.807) is 24.3 Å². The third kappa shape index (κ3) is 4.98. The second-order valence-corrected chi connectivity index (χ2v) is 9.12. The molecule has 0 unspecified atom stereocenters. The summed E-state index contributed by atoms with van der Waals surface area (Å²) in [5.74, 6) is 1.03. The Kier molecular flexibility index (Phi) is 6.36. The highest BCUT2D eigenvalue weighted by Gasteiger charge is 2.42. The number of likely N-dealkylation sites (tertiary alicyclic amines) is 1. The van der Waals surface area contributed by atoms with E-state index in [-0.39, 0.29) is 18.2 Å². The highest BCUT2D eigenvalue weighted by atomic mass is 35.5. The van der Waals surface area contributed by atoms with Gasteiger partial charge in [0.15, 0.2) is 0 Å². The van der Waals surface area contributed by atoms with E-state index in [0.717, 1.165) is 48.7 Å². The topological polar surface area (TPSA) is 125 Å². The van der Waals surface area contributed by atoms with Crippen molar-refractivity contribution in [2.45, 2.75) is 31.0 Å². The number of anilines is 1. The molecule has 1 aromatic heterocycles. The van der Waals surface area contributed by atoms with Crippen molar-refractivity contribution < 1.29 is 19.4 Å². The van der Waals surface area contributed by atoms with Crippen molar-refractivity contribution in [3.8, 4) is 11.5 Å². The fourth-order valence-corrected chi connectivity index (χ4v) is 4.72. The van der Waals surface area contributed by atoms with Gasteiger partial charge in [0.25, 0.3) is 5.91 Å². The van der Waals surface area contributed by atoms with Crippen molar-refractivity contribution in [1.82, 2.24) is 25.5 Å². The monoisotopic (exact) mass is 484 g/mol. The minimum atomic E-state index is -0.704. The zero-order chi connectivity index (χ0) is 23.5. The summed E-state index contributed by atoms with van der Waals surface area (Å²) in [6.07, 6.45) is 1.92. The molecule has 1 amide bonds. The average Bonchev–Trinajstić information content (AvgIpc) is 3.47. The highest BCUT2D eigenvalue weighted by molar-refractivity contribution is 6.30. The predicted molar refractivity (Wildman–Crippen MR) is 124 cm³/mol. The van der Waals surface area contributed by atoms with Crippen LogP contribution in [0.2, 0.25) is 5.02 Å². The first-order valence-electron chi connectivity index (χ1n) is 11.1. The number of nitrogens with one attached hydrogen (secondary N) is 2. The Morgan fingerprint density at radius 1 is 1.29 bits per heavy atom. The van der Waals surface area contributed by atoms with E-state index < -0.39 is 12.0 Å². The molecule has 2 aliphatic rings. The van der Waals surface area contributed by atoms with Crippen LogP contribution in [0, 0.1) is 0 Å². The van der Waals surface area contributed by atoms with Gasteiger partial charge >= 0.3 is 0 Å². The lowest BCUT2D eigenvalue weighted by atomic mass is 9.87. The summed E-state index contributed by atoms with van der Waals surface area (Å²) in [6.45, 7) is 2.19. The SMILES string of the molecule is O=C(Nc1nnn[nH]1)c1ccccc1OC[C@@H](O)CN1CCC2(CC1)Cc1cc(Cl)ccc1O2. The van der Waals surface area contributed by atoms with Gasteiger partial charge in [0.2, 0.25) is 5.95 Å². The summed E-state index contributed by atoms with van der Waals surface area (Å²) in [6, 6.07) is 12.6. The summed E-state index contributed by atoms with van der Waals surface area (Å²) < 4.78 is 12.1. The van der Waals surface area contributed by atoms with Crippen LogP contribution < -0.4 is 14.8 Å². The number of β-amino-alcohol motifs (C(OH)–C–C–N with tert-alkyl or cyclic N) is 1. The molecule has 0 aliphatic carbocycles. The number of carbonyl (C=O) groups is 1. The van der Waals surface area contributed by atoms with Gasteiger partial charge in [-0.25, -0.2) is 5.10 Å². The number of fused-ring (bicyclic) bond motifs is 1. The first-order chi connectivity index (χ1) is 16.5. The molecule has 10 nitrogen and oxygen atoms in total. The van der Waals surface area contributed by atoms with Gasteiger partial charge in [-0.1, -0.05) is 28.8 Å². The van der Waals surface area contributed by atoms with Gasteiger partial charge in [0.05, 0.1) is 5.56 Å². The van der Waals surface area contributed by atoms with E-state index in [4.69, 9.17) is 21.1 Å². The standard InChI is InChI=1S/C23H25ClN6O4/c24-16-5-6-19-15(11-16)12-23(34-19)7-9-30(10-8-23)13-17(31)14-33-20-4-2-1-3-18(20)21(32)25-22-26-28-29-27-22/h1-6,11,17,31H,7-10,12-14H2,(H2,25,26,27,28,29,32)/t17-/m0/s1. The molecule has 11 heteroatoms. The maximum Gasteiger partial charge on any atom is 0.261 e. The number of benzene rings is 2. The fourth-order valence-electron chi connectivity index (χ4n) is 4.53. The van der Waals surface area contributed by atoms with E-state index in [1.807, 2.05) is 18.2 Å². The third-order valence-electron chi connectivity index (χ3n) is 6.24. The van der Waals surface area contributed by atoms with Gasteiger partial charge in [-0.15, -0.1) is 0 Å². The quantitative estimate of drug-likeness (QED) is 0.466. The number of aliphatic hydroxyl groups excluding tert-OH is 1. The van der Waals surface area contributed by atoms with Crippen LogP contribution in [-0.4, -0.2) is 74.5 Å². The Hall–Kier alpha value is -3.21. The minimum absolute atomic E-state index is 0.0657. The number of tetrazole rings is 1. The van der Waals surface area contributed by atoms with Crippen molar-refractivity contribution in [2.24, 2.45) is 0 Å². The van der Waals surface area contributed by atoms with Crippen molar-refractivity contribution >= 4 is 23.5 Å². The van der Waals surface area contributed by atoms with Crippen LogP contribution >= 0.6 is 11.6 Å². The zero-order valence-electron chi connectivity index (χ0n) is 18.4. The third-order valence-corrected chi connectivity index (χ3v) is 6.47. The predicted octanol–water partition coefficient (Wildman–Crippen LogP) is 2.31. The molecule has 5 rings (SSSR count). The molecule has 3 aromatic rings. The first-order valence-corrected chi connectivity index (χ1v) is 11.5. The number of nitrogens with zero attached hydrogens (tertiary/aromatic N) is 4. The average molecular weight is 485 g/mol. The number of carbonyl (C=O) groups excluding carboxylic acids is 1. The van der Waals surface area contributed by atoms with E-state index >= 15 is 0 Å². The summed E-state index contributed by atoms with van der Waals surface area (Å²) in [4.78, 5) is 14.7. The number of H-pyrrole nitrogens is 1. The molecule has 0 bridgehead atoms. The van der Waals surface area contributed by atoms with Gasteiger partial charge in [-0.05, 0) is 46.3 Å². The van der Waals surface area contributed by atoms with Gasteiger partial charge in [-0.3, -0.25) is 10.1 Å². The molecule has 34 heavy (non-hydrogen) atoms. The Bertz CT molecular complexity index is 1150. The number of hydrogen-bond donors (Lipinski definition) is 3. The van der Waals surface area contributed by atoms with E-state index in [0.29, 0.717) is 17.9 Å². The Labute approximate surface area is 201 Å². The van der Waals surface area contributed by atoms with Crippen LogP contribution in [0.15, 0.2) is 42.5 Å². The van der Waals surface area contributed by atoms with Crippen molar-refractivity contribution in [3.63, 3.8) is 0 Å².